The summed E-state index contributed by atoms with van der Waals surface area (Å²) in [6.45, 7) is 30.2. The van der Waals surface area contributed by atoms with Crippen molar-refractivity contribution >= 4 is 128 Å². The molecule has 0 nitrogen and oxygen atoms in total. The Kier molecular flexibility index (Phi) is 10.7. The number of rotatable bonds is 8. The van der Waals surface area contributed by atoms with Gasteiger partial charge in [0.15, 0.2) is 0 Å². The fraction of sp³-hybridized carbons (Fsp3) is 0.176. The highest BCUT2D eigenvalue weighted by molar-refractivity contribution is 6.92. The SMILES string of the molecule is C[Si](C)(C)c1cc(-c2cc(-c3cc4ccccc4c4ccccc34)c3ccc4c(-c5cc([Si](C)(C)C)cc([Si](C)(C)C)c5)cc(-c5cc6ccccc6c6ccccc56)c5ccc2c3c45)cc([Si](C)(C)C)c1. The molecule has 0 unspecified atom stereocenters. The molecule has 0 fully saturated rings. The van der Waals surface area contributed by atoms with Crippen LogP contribution in [0.25, 0.3) is 120 Å². The zero-order valence-electron chi connectivity index (χ0n) is 44.3. The summed E-state index contributed by atoms with van der Waals surface area (Å²) >= 11 is 0. The highest BCUT2D eigenvalue weighted by Gasteiger charge is 2.29. The van der Waals surface area contributed by atoms with Crippen LogP contribution >= 0.6 is 0 Å². The first-order chi connectivity index (χ1) is 34.2. The summed E-state index contributed by atoms with van der Waals surface area (Å²) < 4.78 is 0. The van der Waals surface area contributed by atoms with Crippen molar-refractivity contribution in [3.8, 4) is 44.5 Å². The van der Waals surface area contributed by atoms with Crippen LogP contribution in [0.15, 0.2) is 182 Å². The van der Waals surface area contributed by atoms with Gasteiger partial charge in [0.05, 0.1) is 32.3 Å². The summed E-state index contributed by atoms with van der Waals surface area (Å²) in [6, 6.07) is 71.8. The Bertz CT molecular complexity index is 3850. The minimum atomic E-state index is -1.72. The van der Waals surface area contributed by atoms with Crippen molar-refractivity contribution in [2.45, 2.75) is 78.6 Å². The quantitative estimate of drug-likeness (QED) is 0.105. The molecule has 4 heteroatoms. The molecule has 0 bridgehead atoms. The van der Waals surface area contributed by atoms with Crippen LogP contribution in [0.3, 0.4) is 0 Å². The molecule has 0 radical (unpaired) electrons. The van der Waals surface area contributed by atoms with E-state index in [1.807, 2.05) is 0 Å². The van der Waals surface area contributed by atoms with Crippen LogP contribution in [0.4, 0.5) is 0 Å². The maximum atomic E-state index is 2.59. The van der Waals surface area contributed by atoms with E-state index in [9.17, 15) is 0 Å². The molecule has 72 heavy (non-hydrogen) atoms. The molecular weight excluding hydrogens is 929 g/mol. The third-order valence-corrected chi connectivity index (χ3v) is 24.1. The van der Waals surface area contributed by atoms with Gasteiger partial charge in [-0.15, -0.1) is 0 Å². The third-order valence-electron chi connectivity index (χ3n) is 16.0. The van der Waals surface area contributed by atoms with Crippen LogP contribution in [-0.4, -0.2) is 32.3 Å². The molecule has 12 aromatic rings. The zero-order valence-corrected chi connectivity index (χ0v) is 48.3. The number of hydrogen-bond donors (Lipinski definition) is 0. The average Bonchev–Trinajstić information content (AvgIpc) is 3.36. The average molecular weight is 996 g/mol. The van der Waals surface area contributed by atoms with Gasteiger partial charge in [-0.2, -0.15) is 0 Å². The van der Waals surface area contributed by atoms with Crippen molar-refractivity contribution in [1.82, 2.24) is 0 Å². The van der Waals surface area contributed by atoms with Gasteiger partial charge >= 0.3 is 0 Å². The molecule has 0 aliphatic carbocycles. The molecule has 0 heterocycles. The van der Waals surface area contributed by atoms with E-state index in [-0.39, 0.29) is 0 Å². The Balaban J connectivity index is 1.31. The van der Waals surface area contributed by atoms with Crippen LogP contribution < -0.4 is 20.7 Å². The van der Waals surface area contributed by atoms with Gasteiger partial charge in [0, 0.05) is 0 Å². The Labute approximate surface area is 430 Å². The molecule has 12 aromatic carbocycles. The lowest BCUT2D eigenvalue weighted by molar-refractivity contribution is 1.63. The van der Waals surface area contributed by atoms with Gasteiger partial charge in [0.2, 0.25) is 0 Å². The molecule has 0 aliphatic heterocycles. The lowest BCUT2D eigenvalue weighted by Crippen LogP contribution is -2.45. The number of benzene rings is 12. The summed E-state index contributed by atoms with van der Waals surface area (Å²) in [5, 5.41) is 24.5. The molecule has 0 aliphatic rings. The van der Waals surface area contributed by atoms with Gasteiger partial charge in [0.1, 0.15) is 0 Å². The predicted molar refractivity (Wildman–Crippen MR) is 334 cm³/mol. The number of hydrogen-bond acceptors (Lipinski definition) is 0. The molecule has 0 saturated heterocycles. The largest absolute Gasteiger partial charge is 0.0776 e. The molecule has 0 saturated carbocycles. The van der Waals surface area contributed by atoms with Crippen molar-refractivity contribution in [2.24, 2.45) is 0 Å². The van der Waals surface area contributed by atoms with Crippen LogP contribution in [0.1, 0.15) is 0 Å². The molecule has 0 atom stereocenters. The van der Waals surface area contributed by atoms with E-state index in [1.54, 1.807) is 0 Å². The normalized spacial score (nSPS) is 13.0. The van der Waals surface area contributed by atoms with Gasteiger partial charge in [-0.1, -0.05) is 257 Å². The van der Waals surface area contributed by atoms with E-state index in [0.29, 0.717) is 0 Å². The Hall–Kier alpha value is -6.41. The maximum absolute atomic E-state index is 2.59. The summed E-state index contributed by atoms with van der Waals surface area (Å²) in [6.07, 6.45) is 0. The van der Waals surface area contributed by atoms with Gasteiger partial charge in [-0.25, -0.2) is 0 Å². The first-order valence-electron chi connectivity index (χ1n) is 26.2. The summed E-state index contributed by atoms with van der Waals surface area (Å²) in [5.41, 5.74) is 10.5. The standard InChI is InChI=1S/C68H66Si4/c1-69(2,3)47-33-45(34-48(39-47)70(4,5)6)61-41-65(63-37-43-21-13-15-23-51(43)53-25-17-19-27-55(53)63)59-32-30-58-62(46-35-49(71(7,8)9)40-50(36-46)72(10,11)12)42-66(60-31-29-57(61)67(59)68(58)60)64-38-44-22-14-16-24-52(44)54-26-18-20-28-56(54)64/h13-42H,1-12H3. The van der Waals surface area contributed by atoms with Crippen molar-refractivity contribution in [2.75, 3.05) is 0 Å². The predicted octanol–water partition coefficient (Wildman–Crippen LogP) is 18.0. The molecule has 354 valence electrons. The van der Waals surface area contributed by atoms with Crippen molar-refractivity contribution in [1.29, 1.82) is 0 Å². The Morgan fingerprint density at radius 2 is 0.472 bits per heavy atom. The van der Waals surface area contributed by atoms with Crippen molar-refractivity contribution in [3.05, 3.63) is 182 Å². The van der Waals surface area contributed by atoms with E-state index in [2.05, 4.69) is 261 Å². The van der Waals surface area contributed by atoms with Crippen molar-refractivity contribution in [3.63, 3.8) is 0 Å². The smallest absolute Gasteiger partial charge is 0.0656 e. The third kappa shape index (κ3) is 7.72. The number of fused-ring (bicyclic) bond motifs is 6. The second kappa shape index (κ2) is 16.6. The van der Waals surface area contributed by atoms with E-state index in [0.717, 1.165) is 0 Å². The van der Waals surface area contributed by atoms with E-state index in [1.165, 1.54) is 141 Å². The van der Waals surface area contributed by atoms with Crippen LogP contribution in [0, 0.1) is 0 Å². The molecule has 12 rings (SSSR count). The first-order valence-corrected chi connectivity index (χ1v) is 40.2. The first kappa shape index (κ1) is 46.6. The second-order valence-electron chi connectivity index (χ2n) is 25.0. The van der Waals surface area contributed by atoms with Gasteiger partial charge in [-0.3, -0.25) is 0 Å². The molecule has 0 spiro atoms. The maximum Gasteiger partial charge on any atom is 0.0776 e. The van der Waals surface area contributed by atoms with Gasteiger partial charge in [-0.05, 0) is 144 Å². The molecular formula is C68H66Si4. The summed E-state index contributed by atoms with van der Waals surface area (Å²) in [7, 11) is -6.90. The minimum absolute atomic E-state index is 1.27. The summed E-state index contributed by atoms with van der Waals surface area (Å²) in [4.78, 5) is 0. The van der Waals surface area contributed by atoms with Gasteiger partial charge < -0.3 is 0 Å². The van der Waals surface area contributed by atoms with E-state index < -0.39 is 32.3 Å². The summed E-state index contributed by atoms with van der Waals surface area (Å²) in [5.74, 6) is 0. The van der Waals surface area contributed by atoms with Crippen LogP contribution in [0.5, 0.6) is 0 Å². The topological polar surface area (TPSA) is 0 Å². The lowest BCUT2D eigenvalue weighted by atomic mass is 9.80. The molecule has 0 amide bonds. The van der Waals surface area contributed by atoms with Crippen LogP contribution in [-0.2, 0) is 0 Å². The highest BCUT2D eigenvalue weighted by atomic mass is 28.3. The Morgan fingerprint density at radius 1 is 0.208 bits per heavy atom. The fourth-order valence-corrected chi connectivity index (χ4v) is 16.8. The van der Waals surface area contributed by atoms with Crippen molar-refractivity contribution < 1.29 is 0 Å². The van der Waals surface area contributed by atoms with Gasteiger partial charge in [0.25, 0.3) is 0 Å². The molecule has 0 aromatic heterocycles. The monoisotopic (exact) mass is 994 g/mol. The lowest BCUT2D eigenvalue weighted by Gasteiger charge is -2.27. The minimum Gasteiger partial charge on any atom is -0.0656 e. The van der Waals surface area contributed by atoms with E-state index >= 15 is 0 Å². The second-order valence-corrected chi connectivity index (χ2v) is 45.3. The van der Waals surface area contributed by atoms with E-state index in [4.69, 9.17) is 0 Å². The molecule has 0 N–H and O–H groups in total. The highest BCUT2D eigenvalue weighted by Crippen LogP contribution is 2.51. The fourth-order valence-electron chi connectivity index (χ4n) is 11.8. The Morgan fingerprint density at radius 3 is 0.792 bits per heavy atom. The zero-order chi connectivity index (χ0) is 50.2. The van der Waals surface area contributed by atoms with Crippen LogP contribution in [0.2, 0.25) is 78.6 Å².